The van der Waals surface area contributed by atoms with Gasteiger partial charge in [0.2, 0.25) is 5.91 Å². The summed E-state index contributed by atoms with van der Waals surface area (Å²) in [4.78, 5) is 11.5. The molecule has 1 atom stereocenters. The molecule has 88 valence electrons. The van der Waals surface area contributed by atoms with Crippen molar-refractivity contribution in [3.63, 3.8) is 0 Å². The van der Waals surface area contributed by atoms with Crippen LogP contribution in [-0.4, -0.2) is 25.7 Å². The molecule has 1 fully saturated rings. The van der Waals surface area contributed by atoms with E-state index >= 15 is 0 Å². The van der Waals surface area contributed by atoms with Gasteiger partial charge in [0, 0.05) is 13.7 Å². The van der Waals surface area contributed by atoms with Gasteiger partial charge in [-0.3, -0.25) is 4.79 Å². The van der Waals surface area contributed by atoms with Gasteiger partial charge in [-0.25, -0.2) is 0 Å². The van der Waals surface area contributed by atoms with Gasteiger partial charge < -0.3 is 10.1 Å². The highest BCUT2D eigenvalue weighted by Gasteiger charge is 2.36. The van der Waals surface area contributed by atoms with E-state index in [-0.39, 0.29) is 12.0 Å². The van der Waals surface area contributed by atoms with Crippen molar-refractivity contribution in [3.05, 3.63) is 0 Å². The number of hydrogen-bond acceptors (Lipinski definition) is 2. The summed E-state index contributed by atoms with van der Waals surface area (Å²) in [5.74, 6) is 0.0138. The van der Waals surface area contributed by atoms with E-state index in [1.807, 2.05) is 0 Å². The van der Waals surface area contributed by atoms with Gasteiger partial charge in [-0.15, -0.1) is 0 Å². The van der Waals surface area contributed by atoms with Crippen LogP contribution < -0.4 is 5.32 Å². The first-order valence-electron chi connectivity index (χ1n) is 5.94. The molecule has 1 amide bonds. The van der Waals surface area contributed by atoms with E-state index in [9.17, 15) is 4.79 Å². The summed E-state index contributed by atoms with van der Waals surface area (Å²) < 4.78 is 4.98. The molecule has 0 unspecified atom stereocenters. The molecule has 0 aromatic carbocycles. The zero-order valence-electron chi connectivity index (χ0n) is 10.1. The van der Waals surface area contributed by atoms with E-state index in [0.29, 0.717) is 5.41 Å². The molecule has 0 spiro atoms. The molecule has 0 saturated heterocycles. The zero-order valence-corrected chi connectivity index (χ0v) is 10.1. The molecular formula is C12H23NO2. The summed E-state index contributed by atoms with van der Waals surface area (Å²) in [6, 6.07) is 0. The minimum Gasteiger partial charge on any atom is -0.372 e. The van der Waals surface area contributed by atoms with E-state index in [1.165, 1.54) is 32.1 Å². The monoisotopic (exact) mass is 213 g/mol. The van der Waals surface area contributed by atoms with Crippen molar-refractivity contribution in [2.24, 2.45) is 5.41 Å². The first kappa shape index (κ1) is 12.5. The van der Waals surface area contributed by atoms with Crippen molar-refractivity contribution in [1.29, 1.82) is 0 Å². The first-order chi connectivity index (χ1) is 7.13. The van der Waals surface area contributed by atoms with Gasteiger partial charge in [-0.2, -0.15) is 0 Å². The van der Waals surface area contributed by atoms with Crippen molar-refractivity contribution in [3.8, 4) is 0 Å². The Morgan fingerprint density at radius 2 is 2.20 bits per heavy atom. The standard InChI is InChI=1S/C12H23NO2/c1-4-6-12(7-5-8-12)9-13-11(14)10(2)15-3/h10H,4-9H2,1-3H3,(H,13,14)/t10-/m0/s1. The summed E-state index contributed by atoms with van der Waals surface area (Å²) in [5.41, 5.74) is 0.401. The number of amides is 1. The SMILES string of the molecule is CCCC1(CNC(=O)[C@H](C)OC)CCC1. The fraction of sp³-hybridized carbons (Fsp3) is 0.917. The minimum absolute atomic E-state index is 0.0138. The number of carbonyl (C=O) groups is 1. The van der Waals surface area contributed by atoms with Crippen molar-refractivity contribution in [2.45, 2.75) is 52.1 Å². The molecule has 0 aliphatic heterocycles. The van der Waals surface area contributed by atoms with E-state index < -0.39 is 0 Å². The Hall–Kier alpha value is -0.570. The average Bonchev–Trinajstić information content (AvgIpc) is 2.20. The lowest BCUT2D eigenvalue weighted by molar-refractivity contribution is -0.131. The Morgan fingerprint density at radius 3 is 2.60 bits per heavy atom. The van der Waals surface area contributed by atoms with Crippen LogP contribution in [0.4, 0.5) is 0 Å². The molecule has 1 rings (SSSR count). The summed E-state index contributed by atoms with van der Waals surface area (Å²) in [6.45, 7) is 4.82. The van der Waals surface area contributed by atoms with Gasteiger partial charge in [0.1, 0.15) is 6.10 Å². The predicted octanol–water partition coefficient (Wildman–Crippen LogP) is 2.11. The number of rotatable bonds is 6. The Morgan fingerprint density at radius 1 is 1.53 bits per heavy atom. The largest absolute Gasteiger partial charge is 0.372 e. The van der Waals surface area contributed by atoms with E-state index in [4.69, 9.17) is 4.74 Å². The van der Waals surface area contributed by atoms with Crippen LogP contribution in [0.2, 0.25) is 0 Å². The number of nitrogens with one attached hydrogen (secondary N) is 1. The normalized spacial score (nSPS) is 20.5. The maximum atomic E-state index is 11.5. The second-order valence-corrected chi connectivity index (χ2v) is 4.70. The molecule has 1 aliphatic rings. The third-order valence-electron chi connectivity index (χ3n) is 3.55. The minimum atomic E-state index is -0.330. The number of hydrogen-bond donors (Lipinski definition) is 1. The summed E-state index contributed by atoms with van der Waals surface area (Å²) in [6.07, 6.45) is 5.95. The topological polar surface area (TPSA) is 38.3 Å². The van der Waals surface area contributed by atoms with Gasteiger partial charge in [0.15, 0.2) is 0 Å². The van der Waals surface area contributed by atoms with Gasteiger partial charge >= 0.3 is 0 Å². The van der Waals surface area contributed by atoms with Crippen molar-refractivity contribution < 1.29 is 9.53 Å². The van der Waals surface area contributed by atoms with Crippen LogP contribution in [-0.2, 0) is 9.53 Å². The Bertz CT molecular complexity index is 212. The highest BCUT2D eigenvalue weighted by atomic mass is 16.5. The van der Waals surface area contributed by atoms with Gasteiger partial charge in [0.25, 0.3) is 0 Å². The lowest BCUT2D eigenvalue weighted by Crippen LogP contribution is -2.45. The maximum Gasteiger partial charge on any atom is 0.248 e. The van der Waals surface area contributed by atoms with Crippen molar-refractivity contribution in [2.75, 3.05) is 13.7 Å². The van der Waals surface area contributed by atoms with E-state index in [1.54, 1.807) is 14.0 Å². The molecule has 0 aromatic rings. The van der Waals surface area contributed by atoms with Crippen LogP contribution in [0.1, 0.15) is 46.0 Å². The zero-order chi connectivity index (χ0) is 11.3. The van der Waals surface area contributed by atoms with Crippen LogP contribution in [0, 0.1) is 5.41 Å². The first-order valence-corrected chi connectivity index (χ1v) is 5.94. The molecule has 0 radical (unpaired) electrons. The van der Waals surface area contributed by atoms with Crippen LogP contribution >= 0.6 is 0 Å². The predicted molar refractivity (Wildman–Crippen MR) is 60.7 cm³/mol. The molecule has 3 heteroatoms. The number of carbonyl (C=O) groups excluding carboxylic acids is 1. The molecule has 1 aliphatic carbocycles. The Kier molecular flexibility index (Phi) is 4.58. The quantitative estimate of drug-likeness (QED) is 0.734. The van der Waals surface area contributed by atoms with Crippen LogP contribution in [0.5, 0.6) is 0 Å². The molecule has 15 heavy (non-hydrogen) atoms. The van der Waals surface area contributed by atoms with Crippen LogP contribution in [0.15, 0.2) is 0 Å². The Balaban J connectivity index is 2.31. The Labute approximate surface area is 92.6 Å². The average molecular weight is 213 g/mol. The summed E-state index contributed by atoms with van der Waals surface area (Å²) in [7, 11) is 1.56. The fourth-order valence-corrected chi connectivity index (χ4v) is 2.25. The summed E-state index contributed by atoms with van der Waals surface area (Å²) in [5, 5.41) is 3.00. The molecule has 0 bridgehead atoms. The van der Waals surface area contributed by atoms with Gasteiger partial charge in [-0.05, 0) is 31.6 Å². The van der Waals surface area contributed by atoms with Crippen molar-refractivity contribution >= 4 is 5.91 Å². The van der Waals surface area contributed by atoms with Gasteiger partial charge in [-0.1, -0.05) is 19.8 Å². The molecule has 1 saturated carbocycles. The fourth-order valence-electron chi connectivity index (χ4n) is 2.25. The van der Waals surface area contributed by atoms with E-state index in [0.717, 1.165) is 6.54 Å². The number of ether oxygens (including phenoxy) is 1. The maximum absolute atomic E-state index is 11.5. The number of methoxy groups -OCH3 is 1. The highest BCUT2D eigenvalue weighted by Crippen LogP contribution is 2.44. The second kappa shape index (κ2) is 5.50. The molecule has 0 aromatic heterocycles. The smallest absolute Gasteiger partial charge is 0.248 e. The molecule has 3 nitrogen and oxygen atoms in total. The molecule has 0 heterocycles. The lowest BCUT2D eigenvalue weighted by atomic mass is 9.66. The van der Waals surface area contributed by atoms with E-state index in [2.05, 4.69) is 12.2 Å². The third kappa shape index (κ3) is 3.20. The molecular weight excluding hydrogens is 190 g/mol. The van der Waals surface area contributed by atoms with Crippen LogP contribution in [0.25, 0.3) is 0 Å². The lowest BCUT2D eigenvalue weighted by Gasteiger charge is -2.42. The van der Waals surface area contributed by atoms with Gasteiger partial charge in [0.05, 0.1) is 0 Å². The van der Waals surface area contributed by atoms with Crippen LogP contribution in [0.3, 0.4) is 0 Å². The summed E-state index contributed by atoms with van der Waals surface area (Å²) >= 11 is 0. The highest BCUT2D eigenvalue weighted by molar-refractivity contribution is 5.80. The second-order valence-electron chi connectivity index (χ2n) is 4.70. The third-order valence-corrected chi connectivity index (χ3v) is 3.55. The van der Waals surface area contributed by atoms with Crippen molar-refractivity contribution in [1.82, 2.24) is 5.32 Å². The molecule has 1 N–H and O–H groups in total.